The number of fused-ring (bicyclic) bond motifs is 1. The number of carboxylic acids is 1. The van der Waals surface area contributed by atoms with E-state index in [2.05, 4.69) is 20.9 Å². The number of ether oxygens (including phenoxy) is 2. The van der Waals surface area contributed by atoms with E-state index in [0.29, 0.717) is 21.5 Å². The van der Waals surface area contributed by atoms with Crippen molar-refractivity contribution < 1.29 is 24.4 Å². The molecule has 0 saturated heterocycles. The van der Waals surface area contributed by atoms with Gasteiger partial charge in [0.05, 0.1) is 10.0 Å². The second-order valence-electron chi connectivity index (χ2n) is 6.34. The molecule has 0 amide bonds. The summed E-state index contributed by atoms with van der Waals surface area (Å²) in [7, 11) is 1.96. The van der Waals surface area contributed by atoms with Crippen molar-refractivity contribution in [1.29, 1.82) is 0 Å². The monoisotopic (exact) mass is 382 g/mol. The Morgan fingerprint density at radius 1 is 1.35 bits per heavy atom. The number of halogens is 1. The molecule has 1 aromatic carbocycles. The standard InChI is InChI=1S/C17H20BrNO4/c1-9-12(16(20)21)8-13(18)15-14(9)22-17(2,23-15)10-4-6-11(19-3)7-5-10/h8,10H,4-7H2,1-3H3,(H,20,21)/p+1. The number of benzene rings is 1. The molecule has 1 unspecified atom stereocenters. The molecule has 2 aliphatic rings. The first-order valence-electron chi connectivity index (χ1n) is 7.82. The third-order valence-electron chi connectivity index (χ3n) is 4.96. The van der Waals surface area contributed by atoms with Crippen LogP contribution in [0.25, 0.3) is 0 Å². The van der Waals surface area contributed by atoms with Gasteiger partial charge < -0.3 is 14.6 Å². The van der Waals surface area contributed by atoms with Crippen LogP contribution in [0.3, 0.4) is 0 Å². The number of carbonyl (C=O) groups is 1. The number of hydrogen-bond donors (Lipinski definition) is 2. The summed E-state index contributed by atoms with van der Waals surface area (Å²) in [5.74, 6) is -0.284. The SMILES string of the molecule is C[NH+]=C1CCC(C2(C)Oc3c(Br)cc(C(=O)O)c(C)c3O2)CC1. The molecular weight excluding hydrogens is 362 g/mol. The molecule has 2 N–H and O–H groups in total. The summed E-state index contributed by atoms with van der Waals surface area (Å²) in [6, 6.07) is 1.58. The molecule has 5 nitrogen and oxygen atoms in total. The highest BCUT2D eigenvalue weighted by molar-refractivity contribution is 9.10. The van der Waals surface area contributed by atoms with Gasteiger partial charge in [-0.1, -0.05) is 0 Å². The van der Waals surface area contributed by atoms with Crippen molar-refractivity contribution in [2.24, 2.45) is 5.92 Å². The highest BCUT2D eigenvalue weighted by atomic mass is 79.9. The number of aromatic carboxylic acids is 1. The lowest BCUT2D eigenvalue weighted by atomic mass is 9.82. The number of rotatable bonds is 2. The lowest BCUT2D eigenvalue weighted by Gasteiger charge is -2.34. The molecule has 1 heterocycles. The van der Waals surface area contributed by atoms with Crippen molar-refractivity contribution in [2.45, 2.75) is 45.3 Å². The second-order valence-corrected chi connectivity index (χ2v) is 7.20. The van der Waals surface area contributed by atoms with Crippen LogP contribution in [0, 0.1) is 12.8 Å². The zero-order valence-electron chi connectivity index (χ0n) is 13.5. The largest absolute Gasteiger partial charge is 0.478 e. The van der Waals surface area contributed by atoms with Gasteiger partial charge in [0, 0.05) is 31.2 Å². The summed E-state index contributed by atoms with van der Waals surface area (Å²) in [5.41, 5.74) is 2.21. The Labute approximate surface area is 143 Å². The first kappa shape index (κ1) is 16.3. The van der Waals surface area contributed by atoms with Crippen LogP contribution in [0.1, 0.15) is 48.5 Å². The quantitative estimate of drug-likeness (QED) is 0.822. The zero-order chi connectivity index (χ0) is 16.8. The molecule has 124 valence electrons. The van der Waals surface area contributed by atoms with Crippen LogP contribution in [0.15, 0.2) is 10.5 Å². The van der Waals surface area contributed by atoms with E-state index in [0.717, 1.165) is 25.7 Å². The maximum Gasteiger partial charge on any atom is 0.336 e. The highest BCUT2D eigenvalue weighted by Gasteiger charge is 2.47. The van der Waals surface area contributed by atoms with Crippen LogP contribution in [0.4, 0.5) is 0 Å². The van der Waals surface area contributed by atoms with Gasteiger partial charge in [-0.05, 0) is 41.8 Å². The van der Waals surface area contributed by atoms with Crippen LogP contribution in [0.5, 0.6) is 11.5 Å². The third kappa shape index (κ3) is 2.73. The second kappa shape index (κ2) is 5.82. The van der Waals surface area contributed by atoms with Gasteiger partial charge in [-0.3, -0.25) is 4.99 Å². The van der Waals surface area contributed by atoms with E-state index in [1.165, 1.54) is 5.71 Å². The van der Waals surface area contributed by atoms with Gasteiger partial charge in [0.1, 0.15) is 12.8 Å². The van der Waals surface area contributed by atoms with E-state index in [1.54, 1.807) is 13.0 Å². The number of hydrogen-bond acceptors (Lipinski definition) is 3. The summed E-state index contributed by atoms with van der Waals surface area (Å²) in [4.78, 5) is 14.6. The molecule has 1 aliphatic heterocycles. The molecule has 23 heavy (non-hydrogen) atoms. The zero-order valence-corrected chi connectivity index (χ0v) is 15.1. The number of nitrogens with one attached hydrogen (secondary N) is 1. The Morgan fingerprint density at radius 2 is 1.96 bits per heavy atom. The molecule has 0 bridgehead atoms. The molecule has 0 spiro atoms. The van der Waals surface area contributed by atoms with E-state index >= 15 is 0 Å². The van der Waals surface area contributed by atoms with Gasteiger partial charge in [0.2, 0.25) is 0 Å². The Kier molecular flexibility index (Phi) is 4.12. The predicted octanol–water partition coefficient (Wildman–Crippen LogP) is 2.28. The maximum atomic E-state index is 11.4. The van der Waals surface area contributed by atoms with Crippen molar-refractivity contribution in [3.05, 3.63) is 21.7 Å². The summed E-state index contributed by atoms with van der Waals surface area (Å²) in [6.07, 6.45) is 4.01. The maximum absolute atomic E-state index is 11.4. The third-order valence-corrected chi connectivity index (χ3v) is 5.55. The molecule has 0 radical (unpaired) electrons. The fraction of sp³-hybridized carbons (Fsp3) is 0.529. The van der Waals surface area contributed by atoms with E-state index in [-0.39, 0.29) is 11.5 Å². The van der Waals surface area contributed by atoms with Crippen LogP contribution in [-0.4, -0.2) is 29.6 Å². The van der Waals surface area contributed by atoms with Gasteiger partial charge in [-0.2, -0.15) is 0 Å². The van der Waals surface area contributed by atoms with Crippen molar-refractivity contribution in [3.63, 3.8) is 0 Å². The lowest BCUT2D eigenvalue weighted by Crippen LogP contribution is -2.68. The number of carboxylic acid groups (broad SMARTS) is 1. The van der Waals surface area contributed by atoms with Crippen molar-refractivity contribution in [1.82, 2.24) is 0 Å². The van der Waals surface area contributed by atoms with Crippen molar-refractivity contribution >= 4 is 27.6 Å². The van der Waals surface area contributed by atoms with Crippen LogP contribution in [-0.2, 0) is 0 Å². The Hall–Kier alpha value is -1.56. The molecule has 1 atom stereocenters. The van der Waals surface area contributed by atoms with Crippen LogP contribution in [0.2, 0.25) is 0 Å². The average Bonchev–Trinajstić information content (AvgIpc) is 2.91. The summed E-state index contributed by atoms with van der Waals surface area (Å²) in [6.45, 7) is 3.71. The van der Waals surface area contributed by atoms with E-state index < -0.39 is 11.8 Å². The molecule has 1 saturated carbocycles. The van der Waals surface area contributed by atoms with Gasteiger partial charge in [0.25, 0.3) is 5.79 Å². The van der Waals surface area contributed by atoms with E-state index in [1.807, 2.05) is 14.0 Å². The minimum atomic E-state index is -0.964. The molecule has 6 heteroatoms. The van der Waals surface area contributed by atoms with Crippen LogP contribution >= 0.6 is 15.9 Å². The fourth-order valence-electron chi connectivity index (χ4n) is 3.48. The lowest BCUT2D eigenvalue weighted by molar-refractivity contribution is -0.423. The highest BCUT2D eigenvalue weighted by Crippen LogP contribution is 2.51. The predicted molar refractivity (Wildman–Crippen MR) is 89.4 cm³/mol. The van der Waals surface area contributed by atoms with Crippen molar-refractivity contribution in [3.8, 4) is 11.5 Å². The van der Waals surface area contributed by atoms with Crippen molar-refractivity contribution in [2.75, 3.05) is 7.05 Å². The molecule has 0 aromatic heterocycles. The van der Waals surface area contributed by atoms with Crippen LogP contribution < -0.4 is 14.5 Å². The van der Waals surface area contributed by atoms with Gasteiger partial charge in [0.15, 0.2) is 11.5 Å². The Morgan fingerprint density at radius 3 is 2.52 bits per heavy atom. The molecular formula is C17H21BrNO4+. The van der Waals surface area contributed by atoms with Gasteiger partial charge >= 0.3 is 5.97 Å². The first-order chi connectivity index (χ1) is 10.9. The normalized spacial score (nSPS) is 26.3. The van der Waals surface area contributed by atoms with E-state index in [9.17, 15) is 9.90 Å². The average molecular weight is 383 g/mol. The Bertz CT molecular complexity index is 690. The molecule has 1 aliphatic carbocycles. The molecule has 1 fully saturated rings. The summed E-state index contributed by atoms with van der Waals surface area (Å²) < 4.78 is 12.9. The van der Waals surface area contributed by atoms with Gasteiger partial charge in [-0.25, -0.2) is 4.79 Å². The minimum absolute atomic E-state index is 0.234. The first-order valence-corrected chi connectivity index (χ1v) is 8.62. The Balaban J connectivity index is 1.90. The summed E-state index contributed by atoms with van der Waals surface area (Å²) in [5, 5.41) is 9.33. The van der Waals surface area contributed by atoms with Gasteiger partial charge in [-0.15, -0.1) is 0 Å². The molecule has 1 aromatic rings. The topological polar surface area (TPSA) is 69.7 Å². The van der Waals surface area contributed by atoms with E-state index in [4.69, 9.17) is 9.47 Å². The molecule has 3 rings (SSSR count). The summed E-state index contributed by atoms with van der Waals surface area (Å²) >= 11 is 3.41. The fourth-order valence-corrected chi connectivity index (χ4v) is 3.97. The smallest absolute Gasteiger partial charge is 0.336 e. The minimum Gasteiger partial charge on any atom is -0.478 e.